The molecule has 28 heavy (non-hydrogen) atoms. The molecule has 3 aromatic rings. The number of pyridine rings is 1. The average Bonchev–Trinajstić information content (AvgIpc) is 3.15. The molecule has 3 heterocycles. The van der Waals surface area contributed by atoms with Crippen molar-refractivity contribution in [2.75, 3.05) is 0 Å². The first-order valence-electron chi connectivity index (χ1n) is 9.90. The van der Waals surface area contributed by atoms with Gasteiger partial charge in [0.2, 0.25) is 0 Å². The van der Waals surface area contributed by atoms with Crippen molar-refractivity contribution in [3.05, 3.63) is 33.6 Å². The number of hydrogen-bond donors (Lipinski definition) is 0. The highest BCUT2D eigenvalue weighted by atomic mass is 32.1. The van der Waals surface area contributed by atoms with Gasteiger partial charge in [-0.25, -0.2) is 9.67 Å². The molecular formula is C22H30N4OS. The van der Waals surface area contributed by atoms with Crippen LogP contribution in [-0.2, 0) is 0 Å². The van der Waals surface area contributed by atoms with Gasteiger partial charge in [0.25, 0.3) is 5.91 Å². The van der Waals surface area contributed by atoms with Crippen LogP contribution < -0.4 is 0 Å². The fourth-order valence-corrected chi connectivity index (χ4v) is 4.73. The Kier molecular flexibility index (Phi) is 5.62. The minimum absolute atomic E-state index is 0.0339. The maximum Gasteiger partial charge on any atom is 0.255 e. The van der Waals surface area contributed by atoms with Gasteiger partial charge in [0.15, 0.2) is 5.65 Å². The van der Waals surface area contributed by atoms with Gasteiger partial charge in [0.05, 0.1) is 22.8 Å². The van der Waals surface area contributed by atoms with Gasteiger partial charge < -0.3 is 4.90 Å². The molecule has 6 heteroatoms. The number of thiophene rings is 1. The van der Waals surface area contributed by atoms with E-state index < -0.39 is 0 Å². The lowest BCUT2D eigenvalue weighted by molar-refractivity contribution is 0.0646. The Morgan fingerprint density at radius 1 is 1.07 bits per heavy atom. The second kappa shape index (κ2) is 7.66. The van der Waals surface area contributed by atoms with E-state index in [4.69, 9.17) is 4.98 Å². The van der Waals surface area contributed by atoms with Crippen molar-refractivity contribution >= 4 is 28.3 Å². The molecule has 150 valence electrons. The van der Waals surface area contributed by atoms with Gasteiger partial charge in [-0.1, -0.05) is 0 Å². The molecule has 5 nitrogen and oxygen atoms in total. The maximum atomic E-state index is 13.6. The van der Waals surface area contributed by atoms with Crippen molar-refractivity contribution in [2.45, 2.75) is 73.5 Å². The first-order chi connectivity index (χ1) is 13.1. The number of carbonyl (C=O) groups is 1. The van der Waals surface area contributed by atoms with Crippen LogP contribution in [0.5, 0.6) is 0 Å². The Balaban J connectivity index is 2.29. The summed E-state index contributed by atoms with van der Waals surface area (Å²) in [5, 5.41) is 5.35. The van der Waals surface area contributed by atoms with Crippen LogP contribution in [0.1, 0.15) is 67.7 Å². The van der Waals surface area contributed by atoms with E-state index in [0.29, 0.717) is 5.56 Å². The van der Waals surface area contributed by atoms with Crippen LogP contribution in [0.2, 0.25) is 0 Å². The van der Waals surface area contributed by atoms with Crippen LogP contribution in [0.3, 0.4) is 0 Å². The molecule has 0 unspecified atom stereocenters. The predicted molar refractivity (Wildman–Crippen MR) is 117 cm³/mol. The molecule has 0 radical (unpaired) electrons. The summed E-state index contributed by atoms with van der Waals surface area (Å²) in [4.78, 5) is 22.9. The van der Waals surface area contributed by atoms with Crippen LogP contribution in [0.15, 0.2) is 18.3 Å². The van der Waals surface area contributed by atoms with E-state index in [1.807, 2.05) is 15.6 Å². The molecule has 3 rings (SSSR count). The van der Waals surface area contributed by atoms with Crippen molar-refractivity contribution in [3.8, 4) is 11.3 Å². The van der Waals surface area contributed by atoms with Crippen LogP contribution in [0.25, 0.3) is 22.3 Å². The minimum Gasteiger partial charge on any atom is -0.334 e. The highest BCUT2D eigenvalue weighted by Gasteiger charge is 2.26. The molecule has 0 saturated heterocycles. The maximum absolute atomic E-state index is 13.6. The zero-order chi connectivity index (χ0) is 20.7. The lowest BCUT2D eigenvalue weighted by atomic mass is 10.0. The van der Waals surface area contributed by atoms with E-state index >= 15 is 0 Å². The smallest absolute Gasteiger partial charge is 0.255 e. The third kappa shape index (κ3) is 3.58. The Morgan fingerprint density at radius 2 is 1.71 bits per heavy atom. The summed E-state index contributed by atoms with van der Waals surface area (Å²) >= 11 is 1.75. The summed E-state index contributed by atoms with van der Waals surface area (Å²) in [6.45, 7) is 16.6. The van der Waals surface area contributed by atoms with Crippen molar-refractivity contribution in [1.29, 1.82) is 0 Å². The predicted octanol–water partition coefficient (Wildman–Crippen LogP) is 5.62. The van der Waals surface area contributed by atoms with Gasteiger partial charge in [-0.15, -0.1) is 11.3 Å². The highest BCUT2D eigenvalue weighted by molar-refractivity contribution is 7.12. The minimum atomic E-state index is 0.0339. The number of amides is 1. The molecule has 1 amide bonds. The molecule has 0 fully saturated rings. The molecule has 0 aromatic carbocycles. The number of nitrogens with zero attached hydrogens (tertiary/aromatic N) is 4. The molecule has 0 aliphatic rings. The second-order valence-electron chi connectivity index (χ2n) is 8.20. The second-order valence-corrected chi connectivity index (χ2v) is 9.66. The largest absolute Gasteiger partial charge is 0.334 e. The molecule has 0 atom stereocenters. The molecule has 0 aliphatic heterocycles. The summed E-state index contributed by atoms with van der Waals surface area (Å²) in [6, 6.07) is 4.50. The summed E-state index contributed by atoms with van der Waals surface area (Å²) < 4.78 is 1.90. The quantitative estimate of drug-likeness (QED) is 0.561. The molecule has 3 aromatic heterocycles. The average molecular weight is 399 g/mol. The summed E-state index contributed by atoms with van der Waals surface area (Å²) in [5.41, 5.74) is 3.38. The van der Waals surface area contributed by atoms with E-state index in [-0.39, 0.29) is 24.0 Å². The third-order valence-electron chi connectivity index (χ3n) is 4.95. The molecular weight excluding hydrogens is 368 g/mol. The Morgan fingerprint density at radius 3 is 2.21 bits per heavy atom. The van der Waals surface area contributed by atoms with E-state index in [1.54, 1.807) is 17.5 Å². The fourth-order valence-electron chi connectivity index (χ4n) is 3.80. The van der Waals surface area contributed by atoms with Crippen LogP contribution in [0.4, 0.5) is 0 Å². The van der Waals surface area contributed by atoms with E-state index in [9.17, 15) is 4.79 Å². The molecule has 0 spiro atoms. The number of hydrogen-bond acceptors (Lipinski definition) is 4. The number of fused-ring (bicyclic) bond motifs is 1. The van der Waals surface area contributed by atoms with Crippen LogP contribution >= 0.6 is 11.3 Å². The zero-order valence-corrected chi connectivity index (χ0v) is 18.9. The normalized spacial score (nSPS) is 12.0. The lowest BCUT2D eigenvalue weighted by Crippen LogP contribution is -2.42. The first kappa shape index (κ1) is 20.5. The third-order valence-corrected chi connectivity index (χ3v) is 5.92. The van der Waals surface area contributed by atoms with Gasteiger partial charge in [0, 0.05) is 33.4 Å². The van der Waals surface area contributed by atoms with Crippen molar-refractivity contribution in [3.63, 3.8) is 0 Å². The number of aryl methyl sites for hydroxylation is 2. The van der Waals surface area contributed by atoms with Crippen LogP contribution in [-0.4, -0.2) is 37.7 Å². The van der Waals surface area contributed by atoms with E-state index in [0.717, 1.165) is 22.3 Å². The van der Waals surface area contributed by atoms with Crippen molar-refractivity contribution in [1.82, 2.24) is 19.7 Å². The monoisotopic (exact) mass is 398 g/mol. The number of carbonyl (C=O) groups excluding carboxylic acids is 1. The molecule has 0 aliphatic carbocycles. The summed E-state index contributed by atoms with van der Waals surface area (Å²) in [7, 11) is 0. The van der Waals surface area contributed by atoms with Crippen molar-refractivity contribution < 1.29 is 4.79 Å². The summed E-state index contributed by atoms with van der Waals surface area (Å²) in [6.07, 6.45) is 1.78. The topological polar surface area (TPSA) is 51.0 Å². The van der Waals surface area contributed by atoms with Gasteiger partial charge >= 0.3 is 0 Å². The standard InChI is InChI=1S/C22H30N4OS/c1-12(2)25(13(3)4)22(27)18-10-20(17-9-15(7)28-16(17)8)24-21-19(18)11-23-26(21)14(5)6/h9-14H,1-8H3. The lowest BCUT2D eigenvalue weighted by Gasteiger charge is -2.31. The van der Waals surface area contributed by atoms with Gasteiger partial charge in [-0.3, -0.25) is 4.79 Å². The summed E-state index contributed by atoms with van der Waals surface area (Å²) in [5.74, 6) is 0.0339. The SMILES string of the molecule is Cc1cc(-c2cc(C(=O)N(C(C)C)C(C)C)c3cnn(C(C)C)c3n2)c(C)s1. The molecule has 0 bridgehead atoms. The Hall–Kier alpha value is -2.21. The van der Waals surface area contributed by atoms with Crippen LogP contribution in [0, 0.1) is 13.8 Å². The Bertz CT molecular complexity index is 1010. The van der Waals surface area contributed by atoms with Gasteiger partial charge in [-0.05, 0) is 67.5 Å². The Labute approximate surface area is 171 Å². The fraction of sp³-hybridized carbons (Fsp3) is 0.500. The van der Waals surface area contributed by atoms with Crippen molar-refractivity contribution in [2.24, 2.45) is 0 Å². The molecule has 0 N–H and O–H groups in total. The van der Waals surface area contributed by atoms with Gasteiger partial charge in [-0.2, -0.15) is 5.10 Å². The van der Waals surface area contributed by atoms with E-state index in [1.165, 1.54) is 9.75 Å². The van der Waals surface area contributed by atoms with Gasteiger partial charge in [0.1, 0.15) is 0 Å². The number of rotatable bonds is 5. The highest BCUT2D eigenvalue weighted by Crippen LogP contribution is 2.33. The molecule has 0 saturated carbocycles. The first-order valence-corrected chi connectivity index (χ1v) is 10.7. The van der Waals surface area contributed by atoms with E-state index in [2.05, 4.69) is 66.6 Å². The zero-order valence-electron chi connectivity index (χ0n) is 18.1. The number of aromatic nitrogens is 3.